The molecule has 0 spiro atoms. The molecular weight excluding hydrogens is 260 g/mol. The highest BCUT2D eigenvalue weighted by Gasteiger charge is 2.02. The monoisotopic (exact) mass is 292 g/mol. The number of rotatable bonds is 12. The first-order chi connectivity index (χ1) is 9.88. The van der Waals surface area contributed by atoms with E-state index in [4.69, 9.17) is 0 Å². The van der Waals surface area contributed by atoms with Gasteiger partial charge in [-0.1, -0.05) is 77.4 Å². The molecular formula is C19H32S. The second kappa shape index (κ2) is 12.2. The van der Waals surface area contributed by atoms with Crippen molar-refractivity contribution in [1.29, 1.82) is 0 Å². The van der Waals surface area contributed by atoms with Crippen molar-refractivity contribution in [2.24, 2.45) is 0 Å². The highest BCUT2D eigenvalue weighted by atomic mass is 32.1. The Labute approximate surface area is 130 Å². The van der Waals surface area contributed by atoms with E-state index in [9.17, 15) is 0 Å². The molecule has 0 unspecified atom stereocenters. The molecule has 0 saturated carbocycles. The van der Waals surface area contributed by atoms with Crippen LogP contribution in [0.15, 0.2) is 23.6 Å². The third-order valence-electron chi connectivity index (χ3n) is 3.84. The quantitative estimate of drug-likeness (QED) is 0.351. The van der Waals surface area contributed by atoms with E-state index < -0.39 is 0 Å². The SMILES string of the molecule is CCCC/C=C(\CCCCCCCCC)c1cccs1. The molecule has 0 aromatic carbocycles. The summed E-state index contributed by atoms with van der Waals surface area (Å²) in [7, 11) is 0. The van der Waals surface area contributed by atoms with Gasteiger partial charge >= 0.3 is 0 Å². The Morgan fingerprint density at radius 2 is 1.65 bits per heavy atom. The summed E-state index contributed by atoms with van der Waals surface area (Å²) in [5.41, 5.74) is 1.60. The predicted molar refractivity (Wildman–Crippen MR) is 94.4 cm³/mol. The molecule has 1 aromatic rings. The summed E-state index contributed by atoms with van der Waals surface area (Å²) in [5, 5.41) is 2.20. The maximum atomic E-state index is 2.49. The Balaban J connectivity index is 2.25. The van der Waals surface area contributed by atoms with Gasteiger partial charge in [0.1, 0.15) is 0 Å². The molecule has 1 heterocycles. The number of allylic oxidation sites excluding steroid dienone is 2. The van der Waals surface area contributed by atoms with Gasteiger partial charge < -0.3 is 0 Å². The largest absolute Gasteiger partial charge is 0.144 e. The molecule has 1 rings (SSSR count). The second-order valence-electron chi connectivity index (χ2n) is 5.72. The fourth-order valence-corrected chi connectivity index (χ4v) is 3.34. The van der Waals surface area contributed by atoms with Gasteiger partial charge in [0.2, 0.25) is 0 Å². The zero-order valence-corrected chi connectivity index (χ0v) is 14.3. The zero-order valence-electron chi connectivity index (χ0n) is 13.5. The first kappa shape index (κ1) is 17.5. The van der Waals surface area contributed by atoms with Gasteiger partial charge in [0, 0.05) is 4.88 Å². The lowest BCUT2D eigenvalue weighted by molar-refractivity contribution is 0.593. The van der Waals surface area contributed by atoms with Crippen molar-refractivity contribution in [2.75, 3.05) is 0 Å². The number of thiophene rings is 1. The van der Waals surface area contributed by atoms with E-state index in [1.807, 2.05) is 11.3 Å². The van der Waals surface area contributed by atoms with Gasteiger partial charge in [0.05, 0.1) is 0 Å². The molecule has 0 aliphatic heterocycles. The molecule has 1 aromatic heterocycles. The molecule has 0 N–H and O–H groups in total. The van der Waals surface area contributed by atoms with Crippen molar-refractivity contribution >= 4 is 16.9 Å². The van der Waals surface area contributed by atoms with Crippen LogP contribution in [0.5, 0.6) is 0 Å². The van der Waals surface area contributed by atoms with Crippen LogP contribution in [0, 0.1) is 0 Å². The van der Waals surface area contributed by atoms with Crippen molar-refractivity contribution in [1.82, 2.24) is 0 Å². The topological polar surface area (TPSA) is 0 Å². The highest BCUT2D eigenvalue weighted by molar-refractivity contribution is 7.11. The van der Waals surface area contributed by atoms with E-state index in [1.165, 1.54) is 75.5 Å². The Bertz CT molecular complexity index is 335. The highest BCUT2D eigenvalue weighted by Crippen LogP contribution is 2.26. The molecule has 0 nitrogen and oxygen atoms in total. The van der Waals surface area contributed by atoms with Crippen molar-refractivity contribution < 1.29 is 0 Å². The Kier molecular flexibility index (Phi) is 10.7. The fraction of sp³-hybridized carbons (Fsp3) is 0.684. The smallest absolute Gasteiger partial charge is 0.0299 e. The average Bonchev–Trinajstić information content (AvgIpc) is 2.98. The summed E-state index contributed by atoms with van der Waals surface area (Å²) >= 11 is 1.90. The van der Waals surface area contributed by atoms with Gasteiger partial charge in [0.25, 0.3) is 0 Å². The summed E-state index contributed by atoms with van der Waals surface area (Å²) in [6.07, 6.45) is 17.5. The molecule has 0 radical (unpaired) electrons. The molecule has 20 heavy (non-hydrogen) atoms. The third kappa shape index (κ3) is 7.89. The standard InChI is InChI=1S/C19H32S/c1-3-5-7-8-9-10-12-15-18(14-11-6-4-2)19-16-13-17-20-19/h13-14,16-17H,3-12,15H2,1-2H3/b18-14+. The minimum Gasteiger partial charge on any atom is -0.144 e. The molecule has 0 atom stereocenters. The van der Waals surface area contributed by atoms with Gasteiger partial charge in [-0.3, -0.25) is 0 Å². The summed E-state index contributed by atoms with van der Waals surface area (Å²) in [6.45, 7) is 4.56. The van der Waals surface area contributed by atoms with Crippen molar-refractivity contribution in [3.8, 4) is 0 Å². The van der Waals surface area contributed by atoms with Gasteiger partial charge in [-0.25, -0.2) is 0 Å². The number of unbranched alkanes of at least 4 members (excludes halogenated alkanes) is 8. The van der Waals surface area contributed by atoms with Crippen molar-refractivity contribution in [3.05, 3.63) is 28.5 Å². The van der Waals surface area contributed by atoms with Crippen LogP contribution in [0.3, 0.4) is 0 Å². The summed E-state index contributed by atoms with van der Waals surface area (Å²) < 4.78 is 0. The fourth-order valence-electron chi connectivity index (χ4n) is 2.54. The maximum Gasteiger partial charge on any atom is 0.0299 e. The van der Waals surface area contributed by atoms with Crippen LogP contribution in [-0.4, -0.2) is 0 Å². The van der Waals surface area contributed by atoms with Gasteiger partial charge in [-0.2, -0.15) is 0 Å². The average molecular weight is 293 g/mol. The molecule has 0 saturated heterocycles. The Hall–Kier alpha value is -0.560. The predicted octanol–water partition coefficient (Wildman–Crippen LogP) is 7.46. The molecule has 0 fully saturated rings. The zero-order chi connectivity index (χ0) is 14.5. The van der Waals surface area contributed by atoms with E-state index in [0.29, 0.717) is 0 Å². The Morgan fingerprint density at radius 3 is 2.30 bits per heavy atom. The minimum atomic E-state index is 1.25. The molecule has 1 heteroatoms. The lowest BCUT2D eigenvalue weighted by Gasteiger charge is -2.06. The van der Waals surface area contributed by atoms with Crippen LogP contribution < -0.4 is 0 Å². The van der Waals surface area contributed by atoms with E-state index in [-0.39, 0.29) is 0 Å². The van der Waals surface area contributed by atoms with E-state index >= 15 is 0 Å². The van der Waals surface area contributed by atoms with Crippen LogP contribution in [0.2, 0.25) is 0 Å². The van der Waals surface area contributed by atoms with Crippen LogP contribution in [0.25, 0.3) is 5.57 Å². The van der Waals surface area contributed by atoms with Crippen molar-refractivity contribution in [3.63, 3.8) is 0 Å². The first-order valence-electron chi connectivity index (χ1n) is 8.61. The van der Waals surface area contributed by atoms with E-state index in [2.05, 4.69) is 37.4 Å². The lowest BCUT2D eigenvalue weighted by Crippen LogP contribution is -1.85. The molecule has 0 aliphatic carbocycles. The van der Waals surface area contributed by atoms with Gasteiger partial charge in [-0.05, 0) is 36.3 Å². The molecule has 0 aliphatic rings. The normalized spacial score (nSPS) is 12.0. The maximum absolute atomic E-state index is 2.49. The molecule has 0 amide bonds. The summed E-state index contributed by atoms with van der Waals surface area (Å²) in [4.78, 5) is 1.49. The lowest BCUT2D eigenvalue weighted by atomic mass is 10.0. The Morgan fingerprint density at radius 1 is 0.950 bits per heavy atom. The first-order valence-corrected chi connectivity index (χ1v) is 9.49. The minimum absolute atomic E-state index is 1.25. The van der Waals surface area contributed by atoms with E-state index in [1.54, 1.807) is 5.57 Å². The third-order valence-corrected chi connectivity index (χ3v) is 4.78. The molecule has 114 valence electrons. The van der Waals surface area contributed by atoms with Crippen molar-refractivity contribution in [2.45, 2.75) is 84.5 Å². The number of hydrogen-bond donors (Lipinski definition) is 0. The summed E-state index contributed by atoms with van der Waals surface area (Å²) in [5.74, 6) is 0. The molecule has 0 bridgehead atoms. The van der Waals surface area contributed by atoms with Gasteiger partial charge in [-0.15, -0.1) is 11.3 Å². The van der Waals surface area contributed by atoms with Crippen LogP contribution in [-0.2, 0) is 0 Å². The van der Waals surface area contributed by atoms with Crippen LogP contribution in [0.1, 0.15) is 89.4 Å². The second-order valence-corrected chi connectivity index (χ2v) is 6.67. The van der Waals surface area contributed by atoms with Crippen LogP contribution in [0.4, 0.5) is 0 Å². The van der Waals surface area contributed by atoms with Gasteiger partial charge in [0.15, 0.2) is 0 Å². The number of hydrogen-bond acceptors (Lipinski definition) is 1. The van der Waals surface area contributed by atoms with Crippen LogP contribution >= 0.6 is 11.3 Å². The van der Waals surface area contributed by atoms with E-state index in [0.717, 1.165) is 0 Å². The summed E-state index contributed by atoms with van der Waals surface area (Å²) in [6, 6.07) is 4.46.